The maximum Gasteiger partial charge on any atom is 0.258 e. The van der Waals surface area contributed by atoms with Crippen LogP contribution < -0.4 is 5.32 Å². The normalized spacial score (nSPS) is 20.1. The lowest BCUT2D eigenvalue weighted by Crippen LogP contribution is -2.36. The molecule has 0 atom stereocenters. The fourth-order valence-corrected chi connectivity index (χ4v) is 3.56. The number of fused-ring (bicyclic) bond motifs is 1. The van der Waals surface area contributed by atoms with Gasteiger partial charge in [-0.05, 0) is 30.5 Å². The molecule has 2 aromatic rings. The van der Waals surface area contributed by atoms with Crippen molar-refractivity contribution in [3.05, 3.63) is 53.3 Å². The van der Waals surface area contributed by atoms with Gasteiger partial charge in [0.1, 0.15) is 0 Å². The lowest BCUT2D eigenvalue weighted by Gasteiger charge is -2.21. The van der Waals surface area contributed by atoms with E-state index in [1.54, 1.807) is 18.3 Å². The number of carbonyl (C=O) groups is 2. The smallest absolute Gasteiger partial charge is 0.258 e. The van der Waals surface area contributed by atoms with Crippen molar-refractivity contribution in [2.45, 2.75) is 38.1 Å². The number of hydrogen-bond donors (Lipinski definition) is 1. The molecule has 1 fully saturated rings. The largest absolute Gasteiger partial charge is 0.288 e. The predicted octanol–water partition coefficient (Wildman–Crippen LogP) is 3.20. The fraction of sp³-hybridized carbons (Fsp3) is 0.316. The van der Waals surface area contributed by atoms with Crippen molar-refractivity contribution < 1.29 is 9.59 Å². The summed E-state index contributed by atoms with van der Waals surface area (Å²) in [6.07, 6.45) is 11.7. The first-order valence-corrected chi connectivity index (χ1v) is 8.43. The molecule has 1 aliphatic heterocycles. The Balaban J connectivity index is 1.68. The van der Waals surface area contributed by atoms with Crippen molar-refractivity contribution in [1.82, 2.24) is 15.1 Å². The van der Waals surface area contributed by atoms with Gasteiger partial charge in [0.25, 0.3) is 11.8 Å². The Hall–Kier alpha value is -2.69. The zero-order valence-corrected chi connectivity index (χ0v) is 13.4. The van der Waals surface area contributed by atoms with Gasteiger partial charge in [0, 0.05) is 22.9 Å². The highest BCUT2D eigenvalue weighted by molar-refractivity contribution is 6.33. The molecule has 0 saturated heterocycles. The summed E-state index contributed by atoms with van der Waals surface area (Å²) in [6, 6.07) is 7.64. The van der Waals surface area contributed by atoms with Crippen LogP contribution in [0, 0.1) is 0 Å². The zero-order valence-electron chi connectivity index (χ0n) is 13.4. The van der Waals surface area contributed by atoms with Gasteiger partial charge in [0.2, 0.25) is 0 Å². The molecule has 1 aromatic heterocycles. The van der Waals surface area contributed by atoms with Crippen molar-refractivity contribution >= 4 is 23.5 Å². The van der Waals surface area contributed by atoms with E-state index in [9.17, 15) is 9.59 Å². The van der Waals surface area contributed by atoms with Crippen molar-refractivity contribution in [3.8, 4) is 0 Å². The average molecular weight is 321 g/mol. The summed E-state index contributed by atoms with van der Waals surface area (Å²) in [5.41, 5.74) is 2.60. The predicted molar refractivity (Wildman–Crippen MR) is 91.1 cm³/mol. The van der Waals surface area contributed by atoms with Crippen LogP contribution in [0.2, 0.25) is 0 Å². The number of aromatic nitrogens is 2. The fourth-order valence-electron chi connectivity index (χ4n) is 3.56. The van der Waals surface area contributed by atoms with Gasteiger partial charge in [0.05, 0.1) is 12.2 Å². The molecule has 0 unspecified atom stereocenters. The summed E-state index contributed by atoms with van der Waals surface area (Å²) in [5, 5.41) is 6.88. The quantitative estimate of drug-likeness (QED) is 0.682. The molecule has 5 nitrogen and oxygen atoms in total. The molecule has 1 aromatic carbocycles. The lowest BCUT2D eigenvalue weighted by atomic mass is 9.94. The topological polar surface area (TPSA) is 64.0 Å². The molecular formula is C19H19N3O2. The third-order valence-electron chi connectivity index (χ3n) is 4.81. The van der Waals surface area contributed by atoms with Crippen LogP contribution in [-0.2, 0) is 4.79 Å². The van der Waals surface area contributed by atoms with Crippen molar-refractivity contribution in [1.29, 1.82) is 0 Å². The third kappa shape index (κ3) is 2.66. The molecule has 2 amide bonds. The van der Waals surface area contributed by atoms with Crippen LogP contribution in [0.3, 0.4) is 0 Å². The van der Waals surface area contributed by atoms with E-state index >= 15 is 0 Å². The maximum atomic E-state index is 12.3. The molecule has 4 rings (SSSR count). The van der Waals surface area contributed by atoms with Gasteiger partial charge in [-0.3, -0.25) is 19.6 Å². The Labute approximate surface area is 140 Å². The number of amides is 2. The average Bonchev–Trinajstić information content (AvgIpc) is 3.08. The SMILES string of the molecule is O=C1NC(=O)c2ccccc2/C1=C\c1cnn(C2CCCCC2)c1. The highest BCUT2D eigenvalue weighted by Crippen LogP contribution is 2.29. The number of carbonyl (C=O) groups excluding carboxylic acids is 2. The van der Waals surface area contributed by atoms with E-state index in [1.165, 1.54) is 19.3 Å². The third-order valence-corrected chi connectivity index (χ3v) is 4.81. The summed E-state index contributed by atoms with van der Waals surface area (Å²) in [4.78, 5) is 24.2. The van der Waals surface area contributed by atoms with Gasteiger partial charge in [-0.15, -0.1) is 0 Å². The first-order chi connectivity index (χ1) is 11.7. The van der Waals surface area contributed by atoms with Gasteiger partial charge < -0.3 is 0 Å². The van der Waals surface area contributed by atoms with Crippen molar-refractivity contribution in [2.24, 2.45) is 0 Å². The molecule has 122 valence electrons. The molecule has 0 bridgehead atoms. The minimum Gasteiger partial charge on any atom is -0.288 e. The Kier molecular flexibility index (Phi) is 3.76. The van der Waals surface area contributed by atoms with Gasteiger partial charge in [0.15, 0.2) is 0 Å². The molecular weight excluding hydrogens is 302 g/mol. The van der Waals surface area contributed by atoms with Gasteiger partial charge >= 0.3 is 0 Å². The maximum absolute atomic E-state index is 12.3. The van der Waals surface area contributed by atoms with Crippen LogP contribution in [0.5, 0.6) is 0 Å². The van der Waals surface area contributed by atoms with E-state index in [-0.39, 0.29) is 11.8 Å². The second-order valence-corrected chi connectivity index (χ2v) is 6.43. The minimum atomic E-state index is -0.357. The number of imide groups is 1. The molecule has 5 heteroatoms. The van der Waals surface area contributed by atoms with Crippen LogP contribution >= 0.6 is 0 Å². The Morgan fingerprint density at radius 1 is 1.04 bits per heavy atom. The van der Waals surface area contributed by atoms with Gasteiger partial charge in [-0.1, -0.05) is 37.5 Å². The Bertz CT molecular complexity index is 829. The zero-order chi connectivity index (χ0) is 16.5. The van der Waals surface area contributed by atoms with Crippen LogP contribution in [-0.4, -0.2) is 21.6 Å². The van der Waals surface area contributed by atoms with E-state index in [0.717, 1.165) is 18.4 Å². The second-order valence-electron chi connectivity index (χ2n) is 6.43. The number of hydrogen-bond acceptors (Lipinski definition) is 3. The number of benzene rings is 1. The van der Waals surface area contributed by atoms with Crippen LogP contribution in [0.15, 0.2) is 36.7 Å². The highest BCUT2D eigenvalue weighted by atomic mass is 16.2. The number of nitrogens with one attached hydrogen (secondary N) is 1. The first-order valence-electron chi connectivity index (χ1n) is 8.43. The molecule has 0 radical (unpaired) electrons. The number of nitrogens with zero attached hydrogens (tertiary/aromatic N) is 2. The first kappa shape index (κ1) is 14.9. The number of rotatable bonds is 2. The molecule has 0 spiro atoms. The van der Waals surface area contributed by atoms with E-state index in [1.807, 2.05) is 29.1 Å². The van der Waals surface area contributed by atoms with E-state index < -0.39 is 0 Å². The van der Waals surface area contributed by atoms with E-state index in [4.69, 9.17) is 0 Å². The van der Waals surface area contributed by atoms with Crippen molar-refractivity contribution in [3.63, 3.8) is 0 Å². The van der Waals surface area contributed by atoms with Gasteiger partial charge in [-0.2, -0.15) is 5.10 Å². The second kappa shape index (κ2) is 6.07. The molecule has 2 heterocycles. The summed E-state index contributed by atoms with van der Waals surface area (Å²) in [6.45, 7) is 0. The summed E-state index contributed by atoms with van der Waals surface area (Å²) in [5.74, 6) is -0.699. The minimum absolute atomic E-state index is 0.342. The van der Waals surface area contributed by atoms with Crippen LogP contribution in [0.1, 0.15) is 59.6 Å². The van der Waals surface area contributed by atoms with E-state index in [2.05, 4.69) is 10.4 Å². The lowest BCUT2D eigenvalue weighted by molar-refractivity contribution is -0.114. The standard InChI is InChI=1S/C19H19N3O2/c23-18-16-9-5-4-8-15(16)17(19(24)21-18)10-13-11-20-22(12-13)14-6-2-1-3-7-14/h4-5,8-12,14H,1-3,6-7H2,(H,21,23,24)/b17-10+. The molecule has 1 saturated carbocycles. The van der Waals surface area contributed by atoms with Crippen LogP contribution in [0.4, 0.5) is 0 Å². The van der Waals surface area contributed by atoms with Gasteiger partial charge in [-0.25, -0.2) is 0 Å². The van der Waals surface area contributed by atoms with Crippen molar-refractivity contribution in [2.75, 3.05) is 0 Å². The molecule has 1 aliphatic carbocycles. The molecule has 24 heavy (non-hydrogen) atoms. The monoisotopic (exact) mass is 321 g/mol. The van der Waals surface area contributed by atoms with Crippen LogP contribution in [0.25, 0.3) is 11.6 Å². The molecule has 1 N–H and O–H groups in total. The summed E-state index contributed by atoms with van der Waals surface area (Å²) in [7, 11) is 0. The summed E-state index contributed by atoms with van der Waals surface area (Å²) >= 11 is 0. The Morgan fingerprint density at radius 3 is 2.58 bits per heavy atom. The molecule has 2 aliphatic rings. The van der Waals surface area contributed by atoms with E-state index in [0.29, 0.717) is 22.7 Å². The highest BCUT2D eigenvalue weighted by Gasteiger charge is 2.26. The Morgan fingerprint density at radius 2 is 1.79 bits per heavy atom. The summed E-state index contributed by atoms with van der Waals surface area (Å²) < 4.78 is 2.02.